The van der Waals surface area contributed by atoms with Crippen LogP contribution in [0.1, 0.15) is 0 Å². The Balaban J connectivity index is 1.71. The zero-order valence-corrected chi connectivity index (χ0v) is 13.3. The molecule has 0 unspecified atom stereocenters. The van der Waals surface area contributed by atoms with Crippen molar-refractivity contribution in [3.8, 4) is 22.8 Å². The molecule has 1 N–H and O–H groups in total. The van der Waals surface area contributed by atoms with Crippen molar-refractivity contribution < 1.29 is 13.9 Å². The van der Waals surface area contributed by atoms with Crippen LogP contribution in [-0.4, -0.2) is 11.8 Å². The number of nitrogens with one attached hydrogen (secondary N) is 1. The lowest BCUT2D eigenvalue weighted by Gasteiger charge is -2.11. The molecule has 3 heterocycles. The van der Waals surface area contributed by atoms with Crippen molar-refractivity contribution in [3.63, 3.8) is 0 Å². The van der Waals surface area contributed by atoms with Gasteiger partial charge >= 0.3 is 0 Å². The van der Waals surface area contributed by atoms with Crippen LogP contribution in [0.15, 0.2) is 58.5 Å². The maximum absolute atomic E-state index is 6.05. The Morgan fingerprint density at radius 1 is 1.08 bits per heavy atom. The summed E-state index contributed by atoms with van der Waals surface area (Å²) in [5.74, 6) is 2.14. The van der Waals surface area contributed by atoms with Crippen molar-refractivity contribution in [2.24, 2.45) is 0 Å². The fourth-order valence-electron chi connectivity index (χ4n) is 2.83. The summed E-state index contributed by atoms with van der Waals surface area (Å²) in [7, 11) is 0. The number of ether oxygens (including phenoxy) is 2. The molecule has 2 aromatic heterocycles. The molecule has 5 nitrogen and oxygen atoms in total. The third-order valence-electron chi connectivity index (χ3n) is 3.89. The second-order valence-electron chi connectivity index (χ2n) is 5.33. The van der Waals surface area contributed by atoms with Crippen molar-refractivity contribution in [1.29, 1.82) is 0 Å². The zero-order valence-electron chi connectivity index (χ0n) is 12.5. The summed E-state index contributed by atoms with van der Waals surface area (Å²) in [6.07, 6.45) is 1.76. The van der Waals surface area contributed by atoms with Crippen LogP contribution in [0.25, 0.3) is 22.3 Å². The summed E-state index contributed by atoms with van der Waals surface area (Å²) in [6.45, 7) is 0.212. The van der Waals surface area contributed by atoms with E-state index in [2.05, 4.69) is 10.3 Å². The predicted molar refractivity (Wildman–Crippen MR) is 93.2 cm³/mol. The highest BCUT2D eigenvalue weighted by Crippen LogP contribution is 2.47. The maximum atomic E-state index is 6.05. The summed E-state index contributed by atoms with van der Waals surface area (Å²) < 4.78 is 17.3. The normalized spacial score (nSPS) is 12.7. The molecule has 0 aliphatic carbocycles. The van der Waals surface area contributed by atoms with E-state index in [0.717, 1.165) is 38.9 Å². The molecule has 118 valence electrons. The second-order valence-corrected chi connectivity index (χ2v) is 6.23. The average Bonchev–Trinajstić information content (AvgIpc) is 3.34. The molecule has 5 rings (SSSR count). The Kier molecular flexibility index (Phi) is 2.96. The van der Waals surface area contributed by atoms with E-state index in [-0.39, 0.29) is 6.79 Å². The Hall–Kier alpha value is -2.99. The Morgan fingerprint density at radius 3 is 2.92 bits per heavy atom. The summed E-state index contributed by atoms with van der Waals surface area (Å²) >= 11 is 1.54. The van der Waals surface area contributed by atoms with Gasteiger partial charge in [-0.25, -0.2) is 4.98 Å². The average molecular weight is 336 g/mol. The lowest BCUT2D eigenvalue weighted by atomic mass is 10.1. The molecule has 6 heteroatoms. The molecule has 2 aromatic carbocycles. The van der Waals surface area contributed by atoms with Gasteiger partial charge in [0.2, 0.25) is 6.79 Å². The van der Waals surface area contributed by atoms with E-state index >= 15 is 0 Å². The van der Waals surface area contributed by atoms with Crippen LogP contribution in [0.4, 0.5) is 10.8 Å². The number of thiazole rings is 1. The standard InChI is InChI=1S/C18H12N2O3S/c1-2-4-13-11(3-1)9-15(23-13)16-12(20-18-19-7-8-24-18)5-6-14-17(16)22-10-21-14/h1-9H,10H2,(H,19,20). The van der Waals surface area contributed by atoms with Crippen LogP contribution in [0.2, 0.25) is 0 Å². The molecular weight excluding hydrogens is 324 g/mol. The number of furan rings is 1. The van der Waals surface area contributed by atoms with Gasteiger partial charge in [0.1, 0.15) is 11.3 Å². The van der Waals surface area contributed by atoms with E-state index in [4.69, 9.17) is 13.9 Å². The van der Waals surface area contributed by atoms with Crippen molar-refractivity contribution in [2.45, 2.75) is 0 Å². The SMILES string of the molecule is c1ccc2oc(-c3c(Nc4nccs4)ccc4c3OCO4)cc2c1. The van der Waals surface area contributed by atoms with E-state index in [1.54, 1.807) is 6.20 Å². The first kappa shape index (κ1) is 13.4. The first-order chi connectivity index (χ1) is 11.9. The molecule has 0 saturated heterocycles. The van der Waals surface area contributed by atoms with Gasteiger partial charge in [-0.2, -0.15) is 0 Å². The van der Waals surface area contributed by atoms with Gasteiger partial charge in [-0.15, -0.1) is 11.3 Å². The molecule has 0 fully saturated rings. The van der Waals surface area contributed by atoms with Crippen LogP contribution in [0.3, 0.4) is 0 Å². The van der Waals surface area contributed by atoms with Crippen molar-refractivity contribution in [1.82, 2.24) is 4.98 Å². The number of anilines is 2. The number of para-hydroxylation sites is 1. The van der Waals surface area contributed by atoms with E-state index in [1.165, 1.54) is 11.3 Å². The second kappa shape index (κ2) is 5.28. The number of hydrogen-bond donors (Lipinski definition) is 1. The summed E-state index contributed by atoms with van der Waals surface area (Å²) in [4.78, 5) is 4.29. The van der Waals surface area contributed by atoms with Gasteiger partial charge in [-0.3, -0.25) is 0 Å². The molecular formula is C18H12N2O3S. The van der Waals surface area contributed by atoms with Gasteiger partial charge in [-0.05, 0) is 24.3 Å². The zero-order chi connectivity index (χ0) is 15.9. The number of aromatic nitrogens is 1. The minimum atomic E-state index is 0.212. The van der Waals surface area contributed by atoms with Crippen molar-refractivity contribution in [3.05, 3.63) is 54.0 Å². The minimum absolute atomic E-state index is 0.212. The molecule has 1 aliphatic rings. The van der Waals surface area contributed by atoms with Gasteiger partial charge in [0.05, 0.1) is 11.3 Å². The van der Waals surface area contributed by atoms with Crippen LogP contribution in [0, 0.1) is 0 Å². The molecule has 0 bridgehead atoms. The smallest absolute Gasteiger partial charge is 0.231 e. The van der Waals surface area contributed by atoms with E-state index in [0.29, 0.717) is 5.75 Å². The monoisotopic (exact) mass is 336 g/mol. The van der Waals surface area contributed by atoms with Gasteiger partial charge in [-0.1, -0.05) is 18.2 Å². The Bertz CT molecular complexity index is 991. The minimum Gasteiger partial charge on any atom is -0.456 e. The number of benzene rings is 2. The molecule has 0 radical (unpaired) electrons. The number of fused-ring (bicyclic) bond motifs is 2. The number of rotatable bonds is 3. The van der Waals surface area contributed by atoms with Gasteiger partial charge in [0.25, 0.3) is 0 Å². The van der Waals surface area contributed by atoms with Crippen LogP contribution in [-0.2, 0) is 0 Å². The highest BCUT2D eigenvalue weighted by Gasteiger charge is 2.25. The molecule has 0 spiro atoms. The highest BCUT2D eigenvalue weighted by atomic mass is 32.1. The molecule has 1 aliphatic heterocycles. The lowest BCUT2D eigenvalue weighted by Crippen LogP contribution is -1.95. The largest absolute Gasteiger partial charge is 0.456 e. The van der Waals surface area contributed by atoms with Crippen LogP contribution < -0.4 is 14.8 Å². The first-order valence-electron chi connectivity index (χ1n) is 7.46. The van der Waals surface area contributed by atoms with E-state index in [1.807, 2.05) is 47.8 Å². The Morgan fingerprint density at radius 2 is 2.04 bits per heavy atom. The van der Waals surface area contributed by atoms with Crippen LogP contribution >= 0.6 is 11.3 Å². The summed E-state index contributed by atoms with van der Waals surface area (Å²) in [5, 5.41) is 7.12. The lowest BCUT2D eigenvalue weighted by molar-refractivity contribution is 0.174. The molecule has 24 heavy (non-hydrogen) atoms. The predicted octanol–water partition coefficient (Wildman–Crippen LogP) is 5.03. The first-order valence-corrected chi connectivity index (χ1v) is 8.34. The van der Waals surface area contributed by atoms with Crippen molar-refractivity contribution in [2.75, 3.05) is 12.1 Å². The summed E-state index contributed by atoms with van der Waals surface area (Å²) in [6, 6.07) is 13.8. The van der Waals surface area contributed by atoms with E-state index < -0.39 is 0 Å². The third kappa shape index (κ3) is 2.11. The molecule has 0 atom stereocenters. The van der Waals surface area contributed by atoms with Gasteiger partial charge < -0.3 is 19.2 Å². The number of hydrogen-bond acceptors (Lipinski definition) is 6. The molecule has 4 aromatic rings. The quantitative estimate of drug-likeness (QED) is 0.569. The fraction of sp³-hybridized carbons (Fsp3) is 0.0556. The van der Waals surface area contributed by atoms with E-state index in [9.17, 15) is 0 Å². The highest BCUT2D eigenvalue weighted by molar-refractivity contribution is 7.13. The number of nitrogens with zero attached hydrogens (tertiary/aromatic N) is 1. The molecule has 0 amide bonds. The maximum Gasteiger partial charge on any atom is 0.231 e. The molecule has 0 saturated carbocycles. The third-order valence-corrected chi connectivity index (χ3v) is 4.57. The van der Waals surface area contributed by atoms with Gasteiger partial charge in [0.15, 0.2) is 16.6 Å². The van der Waals surface area contributed by atoms with Crippen LogP contribution in [0.5, 0.6) is 11.5 Å². The summed E-state index contributed by atoms with van der Waals surface area (Å²) in [5.41, 5.74) is 2.55. The van der Waals surface area contributed by atoms with Gasteiger partial charge in [0, 0.05) is 17.0 Å². The Labute approximate surface area is 141 Å². The topological polar surface area (TPSA) is 56.5 Å². The fourth-order valence-corrected chi connectivity index (χ4v) is 3.37. The van der Waals surface area contributed by atoms with Crippen molar-refractivity contribution >= 4 is 33.1 Å².